The Hall–Kier alpha value is -2.23. The summed E-state index contributed by atoms with van der Waals surface area (Å²) in [7, 11) is 0. The number of nitrogens with one attached hydrogen (secondary N) is 3. The summed E-state index contributed by atoms with van der Waals surface area (Å²) in [6.07, 6.45) is -0.368. The van der Waals surface area contributed by atoms with Crippen LogP contribution in [0.15, 0.2) is 0 Å². The molecule has 0 saturated carbocycles. The quantitative estimate of drug-likeness (QED) is 0.0916. The highest BCUT2D eigenvalue weighted by Crippen LogP contribution is 1.98. The van der Waals surface area contributed by atoms with Crippen molar-refractivity contribution < 1.29 is 48.3 Å². The number of nitrogens with two attached hydrogens (primary N) is 1. The molecule has 0 aromatic rings. The van der Waals surface area contributed by atoms with Gasteiger partial charge in [0.1, 0.15) is 0 Å². The van der Waals surface area contributed by atoms with E-state index < -0.39 is 18.2 Å². The van der Waals surface area contributed by atoms with Gasteiger partial charge in [0.25, 0.3) is 0 Å². The minimum atomic E-state index is -1.07. The van der Waals surface area contributed by atoms with E-state index in [1.807, 2.05) is 0 Å². The number of hydrogen-bond donors (Lipinski definition) is 6. The van der Waals surface area contributed by atoms with E-state index in [1.165, 1.54) is 0 Å². The maximum absolute atomic E-state index is 11.8. The molecule has 1 atom stereocenters. The second-order valence-electron chi connectivity index (χ2n) is 6.92. The van der Waals surface area contributed by atoms with Crippen LogP contribution < -0.4 is 21.7 Å². The van der Waals surface area contributed by atoms with Gasteiger partial charge in [0, 0.05) is 19.6 Å². The Morgan fingerprint density at radius 2 is 0.971 bits per heavy atom. The first-order valence-corrected chi connectivity index (χ1v) is 11.3. The third-order valence-electron chi connectivity index (χ3n) is 4.11. The molecule has 14 heteroatoms. The van der Waals surface area contributed by atoms with Crippen molar-refractivity contribution in [3.8, 4) is 0 Å². The molecule has 0 aliphatic heterocycles. The largest absolute Gasteiger partial charge is 0.465 e. The lowest BCUT2D eigenvalue weighted by Gasteiger charge is -2.12. The van der Waals surface area contributed by atoms with Crippen molar-refractivity contribution in [2.24, 2.45) is 5.73 Å². The van der Waals surface area contributed by atoms with E-state index in [4.69, 9.17) is 39.6 Å². The summed E-state index contributed by atoms with van der Waals surface area (Å²) in [4.78, 5) is 32.4. The van der Waals surface area contributed by atoms with Crippen molar-refractivity contribution in [2.45, 2.75) is 25.3 Å². The number of unbranched alkanes of at least 4 members (excludes halogenated alkanes) is 1. The van der Waals surface area contributed by atoms with Crippen LogP contribution >= 0.6 is 0 Å². The Labute approximate surface area is 199 Å². The fraction of sp³-hybridized carbons (Fsp3) is 0.850. The molecular formula is C20H40N4O10. The highest BCUT2D eigenvalue weighted by atomic mass is 16.6. The first kappa shape index (κ1) is 31.8. The molecule has 0 aliphatic carbocycles. The van der Waals surface area contributed by atoms with E-state index in [9.17, 15) is 14.4 Å². The summed E-state index contributed by atoms with van der Waals surface area (Å²) in [5.74, 6) is -0.257. The van der Waals surface area contributed by atoms with Crippen LogP contribution in [0.25, 0.3) is 0 Å². The molecule has 14 nitrogen and oxygen atoms in total. The van der Waals surface area contributed by atoms with Gasteiger partial charge in [0.2, 0.25) is 5.91 Å². The number of rotatable bonds is 24. The van der Waals surface area contributed by atoms with Gasteiger partial charge in [-0.2, -0.15) is 0 Å². The molecule has 200 valence electrons. The minimum absolute atomic E-state index is 0.243. The zero-order valence-electron chi connectivity index (χ0n) is 19.6. The van der Waals surface area contributed by atoms with Gasteiger partial charge in [0.05, 0.1) is 72.1 Å². The second-order valence-corrected chi connectivity index (χ2v) is 6.92. The third-order valence-corrected chi connectivity index (χ3v) is 4.11. The van der Waals surface area contributed by atoms with Crippen molar-refractivity contribution in [1.29, 1.82) is 0 Å². The molecule has 0 bridgehead atoms. The van der Waals surface area contributed by atoms with Gasteiger partial charge >= 0.3 is 12.2 Å². The predicted octanol–water partition coefficient (Wildman–Crippen LogP) is -0.782. The number of hydrogen-bond acceptors (Lipinski definition) is 9. The smallest absolute Gasteiger partial charge is 0.404 e. The van der Waals surface area contributed by atoms with Gasteiger partial charge in [-0.05, 0) is 19.3 Å². The SMILES string of the molecule is N[C@H](CCCCNC(=O)O)C(=O)NCCOCCOCCOCCOCCOCCNC(=O)O. The molecule has 0 spiro atoms. The monoisotopic (exact) mass is 496 g/mol. The topological polar surface area (TPSA) is 200 Å². The molecule has 0 rings (SSSR count). The number of amides is 3. The van der Waals surface area contributed by atoms with Gasteiger partial charge in [-0.3, -0.25) is 4.79 Å². The van der Waals surface area contributed by atoms with Crippen molar-refractivity contribution in [2.75, 3.05) is 85.7 Å². The van der Waals surface area contributed by atoms with Gasteiger partial charge in [-0.15, -0.1) is 0 Å². The molecule has 0 saturated heterocycles. The summed E-state index contributed by atoms with van der Waals surface area (Å²) in [6, 6.07) is -0.625. The molecule has 0 unspecified atom stereocenters. The lowest BCUT2D eigenvalue weighted by Crippen LogP contribution is -2.41. The van der Waals surface area contributed by atoms with E-state index >= 15 is 0 Å². The molecule has 7 N–H and O–H groups in total. The summed E-state index contributed by atoms with van der Waals surface area (Å²) in [6.45, 7) is 4.89. The van der Waals surface area contributed by atoms with Crippen LogP contribution in [0.4, 0.5) is 9.59 Å². The molecule has 0 heterocycles. The van der Waals surface area contributed by atoms with Gasteiger partial charge in [0.15, 0.2) is 0 Å². The normalized spacial score (nSPS) is 11.7. The predicted molar refractivity (Wildman–Crippen MR) is 121 cm³/mol. The maximum Gasteiger partial charge on any atom is 0.404 e. The summed E-state index contributed by atoms with van der Waals surface area (Å²) >= 11 is 0. The van der Waals surface area contributed by atoms with Gasteiger partial charge < -0.3 is 55.6 Å². The number of carbonyl (C=O) groups excluding carboxylic acids is 1. The standard InChI is InChI=1S/C20H40N4O10/c21-17(3-1-2-4-23-19(26)27)18(25)22-5-7-30-9-11-32-13-15-34-16-14-33-12-10-31-8-6-24-20(28)29/h17,23-24H,1-16,21H2,(H,22,25)(H,26,27)(H,28,29)/t17-/m1/s1. The minimum Gasteiger partial charge on any atom is -0.465 e. The highest BCUT2D eigenvalue weighted by Gasteiger charge is 2.12. The molecule has 3 amide bonds. The molecule has 34 heavy (non-hydrogen) atoms. The van der Waals surface area contributed by atoms with Crippen LogP contribution in [-0.4, -0.2) is 120 Å². The molecule has 0 aliphatic rings. The molecular weight excluding hydrogens is 456 g/mol. The molecule has 0 aromatic carbocycles. The van der Waals surface area contributed by atoms with Crippen molar-refractivity contribution in [3.05, 3.63) is 0 Å². The van der Waals surface area contributed by atoms with E-state index in [2.05, 4.69) is 16.0 Å². The Bertz CT molecular complexity index is 528. The Morgan fingerprint density at radius 1 is 0.588 bits per heavy atom. The van der Waals surface area contributed by atoms with Crippen LogP contribution in [0, 0.1) is 0 Å². The zero-order valence-corrected chi connectivity index (χ0v) is 19.6. The summed E-state index contributed by atoms with van der Waals surface area (Å²) in [5, 5.41) is 24.0. The lowest BCUT2D eigenvalue weighted by molar-refractivity contribution is -0.122. The zero-order chi connectivity index (χ0) is 25.3. The molecule has 0 fully saturated rings. The van der Waals surface area contributed by atoms with Crippen LogP contribution in [-0.2, 0) is 28.5 Å². The highest BCUT2D eigenvalue weighted by molar-refractivity contribution is 5.81. The average Bonchev–Trinajstić information content (AvgIpc) is 2.79. The Morgan fingerprint density at radius 3 is 1.41 bits per heavy atom. The van der Waals surface area contributed by atoms with Crippen LogP contribution in [0.1, 0.15) is 19.3 Å². The first-order valence-electron chi connectivity index (χ1n) is 11.3. The summed E-state index contributed by atoms with van der Waals surface area (Å²) in [5.41, 5.74) is 5.79. The van der Waals surface area contributed by atoms with Crippen LogP contribution in [0.3, 0.4) is 0 Å². The van der Waals surface area contributed by atoms with Crippen molar-refractivity contribution in [1.82, 2.24) is 16.0 Å². The molecule has 0 aromatic heterocycles. The van der Waals surface area contributed by atoms with E-state index in [1.54, 1.807) is 0 Å². The first-order chi connectivity index (χ1) is 16.4. The maximum atomic E-state index is 11.8. The third kappa shape index (κ3) is 24.4. The van der Waals surface area contributed by atoms with Crippen molar-refractivity contribution >= 4 is 18.1 Å². The fourth-order valence-electron chi connectivity index (χ4n) is 2.41. The average molecular weight is 497 g/mol. The summed E-state index contributed by atoms with van der Waals surface area (Å²) < 4.78 is 26.6. The lowest BCUT2D eigenvalue weighted by atomic mass is 10.1. The van der Waals surface area contributed by atoms with Crippen LogP contribution in [0.5, 0.6) is 0 Å². The van der Waals surface area contributed by atoms with Gasteiger partial charge in [-0.25, -0.2) is 9.59 Å². The second kappa shape index (κ2) is 23.9. The van der Waals surface area contributed by atoms with Gasteiger partial charge in [-0.1, -0.05) is 0 Å². The van der Waals surface area contributed by atoms with Crippen molar-refractivity contribution in [3.63, 3.8) is 0 Å². The van der Waals surface area contributed by atoms with E-state index in [0.29, 0.717) is 98.4 Å². The number of carbonyl (C=O) groups is 3. The van der Waals surface area contributed by atoms with E-state index in [0.717, 1.165) is 0 Å². The molecule has 0 radical (unpaired) electrons. The Kier molecular flexibility index (Phi) is 22.3. The Balaban J connectivity index is 3.25. The fourth-order valence-corrected chi connectivity index (χ4v) is 2.41. The van der Waals surface area contributed by atoms with Crippen LogP contribution in [0.2, 0.25) is 0 Å². The number of ether oxygens (including phenoxy) is 5. The number of carboxylic acid groups (broad SMARTS) is 2. The van der Waals surface area contributed by atoms with E-state index in [-0.39, 0.29) is 12.5 Å².